The van der Waals surface area contributed by atoms with E-state index < -0.39 is 6.10 Å². The minimum absolute atomic E-state index is 0.124. The zero-order valence-electron chi connectivity index (χ0n) is 18.0. The van der Waals surface area contributed by atoms with Gasteiger partial charge in [-0.1, -0.05) is 48.0 Å². The summed E-state index contributed by atoms with van der Waals surface area (Å²) in [6, 6.07) is 22.4. The number of aliphatic hydroxyl groups excluding tert-OH is 1. The maximum absolute atomic E-state index is 13.3. The van der Waals surface area contributed by atoms with Crippen molar-refractivity contribution in [2.24, 2.45) is 5.92 Å². The molecule has 0 saturated carbocycles. The number of nitrogens with zero attached hydrogens (tertiary/aromatic N) is 3. The van der Waals surface area contributed by atoms with Gasteiger partial charge in [0.15, 0.2) is 11.5 Å². The summed E-state index contributed by atoms with van der Waals surface area (Å²) in [6.07, 6.45) is 2.55. The summed E-state index contributed by atoms with van der Waals surface area (Å²) in [5.41, 5.74) is 2.70. The number of rotatable bonds is 5. The molecule has 4 aromatic rings. The third kappa shape index (κ3) is 4.45. The normalized spacial score (nSPS) is 15.5. The molecule has 1 N–H and O–H groups in total. The average Bonchev–Trinajstić information content (AvgIpc) is 3.54. The second-order valence-corrected chi connectivity index (χ2v) is 8.71. The Hall–Kier alpha value is -3.35. The zero-order chi connectivity index (χ0) is 22.8. The van der Waals surface area contributed by atoms with Crippen molar-refractivity contribution in [1.29, 1.82) is 0 Å². The highest BCUT2D eigenvalue weighted by atomic mass is 35.5. The van der Waals surface area contributed by atoms with E-state index in [9.17, 15) is 9.90 Å². The summed E-state index contributed by atoms with van der Waals surface area (Å²) in [7, 11) is 0. The molecule has 1 atom stereocenters. The van der Waals surface area contributed by atoms with Crippen molar-refractivity contribution >= 4 is 17.5 Å². The van der Waals surface area contributed by atoms with Crippen molar-refractivity contribution in [1.82, 2.24) is 14.7 Å². The van der Waals surface area contributed by atoms with Gasteiger partial charge in [0.05, 0.1) is 18.1 Å². The van der Waals surface area contributed by atoms with Crippen LogP contribution < -0.4 is 0 Å². The predicted octanol–water partition coefficient (Wildman–Crippen LogP) is 5.37. The van der Waals surface area contributed by atoms with Gasteiger partial charge in [-0.15, -0.1) is 0 Å². The average molecular weight is 462 g/mol. The highest BCUT2D eigenvalue weighted by Crippen LogP contribution is 2.32. The van der Waals surface area contributed by atoms with Gasteiger partial charge in [0, 0.05) is 24.2 Å². The Morgan fingerprint density at radius 3 is 2.52 bits per heavy atom. The molecule has 3 heterocycles. The molecule has 6 nitrogen and oxygen atoms in total. The highest BCUT2D eigenvalue weighted by Gasteiger charge is 2.30. The number of benzene rings is 2. The van der Waals surface area contributed by atoms with E-state index in [2.05, 4.69) is 5.10 Å². The molecule has 1 unspecified atom stereocenters. The van der Waals surface area contributed by atoms with Gasteiger partial charge in [-0.05, 0) is 54.7 Å². The number of aromatic nitrogens is 2. The van der Waals surface area contributed by atoms with E-state index in [-0.39, 0.29) is 11.8 Å². The van der Waals surface area contributed by atoms with Crippen LogP contribution in [0, 0.1) is 5.92 Å². The summed E-state index contributed by atoms with van der Waals surface area (Å²) in [6.45, 7) is 1.15. The van der Waals surface area contributed by atoms with Gasteiger partial charge in [0.2, 0.25) is 0 Å². The molecule has 1 amide bonds. The lowest BCUT2D eigenvalue weighted by molar-refractivity contribution is 0.0458. The lowest BCUT2D eigenvalue weighted by atomic mass is 9.87. The van der Waals surface area contributed by atoms with Gasteiger partial charge >= 0.3 is 0 Å². The number of carbonyl (C=O) groups is 1. The number of piperidine rings is 1. The van der Waals surface area contributed by atoms with Crippen LogP contribution in [0.3, 0.4) is 0 Å². The second kappa shape index (κ2) is 9.25. The first-order valence-electron chi connectivity index (χ1n) is 11.0. The number of furan rings is 1. The fraction of sp³-hybridized carbons (Fsp3) is 0.231. The number of hydrogen-bond acceptors (Lipinski definition) is 4. The van der Waals surface area contributed by atoms with Crippen LogP contribution in [0.15, 0.2) is 83.5 Å². The molecule has 7 heteroatoms. The van der Waals surface area contributed by atoms with Gasteiger partial charge in [0.1, 0.15) is 5.69 Å². The molecule has 0 radical (unpaired) electrons. The number of amides is 1. The Kier molecular flexibility index (Phi) is 6.03. The summed E-state index contributed by atoms with van der Waals surface area (Å²) >= 11 is 6.19. The Morgan fingerprint density at radius 1 is 1.03 bits per heavy atom. The predicted molar refractivity (Wildman–Crippen MR) is 126 cm³/mol. The van der Waals surface area contributed by atoms with E-state index in [4.69, 9.17) is 16.0 Å². The molecule has 1 aliphatic rings. The third-order valence-corrected chi connectivity index (χ3v) is 6.40. The van der Waals surface area contributed by atoms with Gasteiger partial charge in [-0.2, -0.15) is 5.10 Å². The lowest BCUT2D eigenvalue weighted by Crippen LogP contribution is -2.40. The zero-order valence-corrected chi connectivity index (χ0v) is 18.7. The van der Waals surface area contributed by atoms with Crippen LogP contribution in [0.25, 0.3) is 17.1 Å². The van der Waals surface area contributed by atoms with Crippen LogP contribution in [0.5, 0.6) is 0 Å². The van der Waals surface area contributed by atoms with Crippen LogP contribution in [0.4, 0.5) is 0 Å². The summed E-state index contributed by atoms with van der Waals surface area (Å²) in [5, 5.41) is 15.9. The maximum Gasteiger partial charge on any atom is 0.274 e. The molecule has 0 bridgehead atoms. The van der Waals surface area contributed by atoms with Crippen molar-refractivity contribution in [2.45, 2.75) is 18.9 Å². The van der Waals surface area contributed by atoms with Crippen LogP contribution in [-0.4, -0.2) is 38.8 Å². The van der Waals surface area contributed by atoms with Gasteiger partial charge in [-0.3, -0.25) is 4.79 Å². The Bertz CT molecular complexity index is 1230. The van der Waals surface area contributed by atoms with E-state index in [0.717, 1.165) is 24.1 Å². The largest absolute Gasteiger partial charge is 0.463 e. The minimum atomic E-state index is -0.518. The number of aliphatic hydroxyl groups is 1. The van der Waals surface area contributed by atoms with Crippen LogP contribution in [0.1, 0.15) is 35.0 Å². The number of likely N-dealkylation sites (tertiary alicyclic amines) is 1. The van der Waals surface area contributed by atoms with E-state index in [1.54, 1.807) is 35.2 Å². The van der Waals surface area contributed by atoms with E-state index in [1.807, 2.05) is 53.4 Å². The molecule has 168 valence electrons. The van der Waals surface area contributed by atoms with Crippen LogP contribution >= 0.6 is 11.6 Å². The third-order valence-electron chi connectivity index (χ3n) is 6.17. The molecule has 5 rings (SSSR count). The standard InChI is InChI=1S/C26H24ClN3O3/c27-20-8-4-9-21(16-20)30-23(24-10-5-15-33-24)17-22(28-30)26(32)29-13-11-19(12-14-29)25(31)18-6-2-1-3-7-18/h1-10,15-17,19,25,31H,11-14H2. The number of hydrogen-bond donors (Lipinski definition) is 1. The molecular formula is C26H24ClN3O3. The summed E-state index contributed by atoms with van der Waals surface area (Å²) in [4.78, 5) is 15.1. The monoisotopic (exact) mass is 461 g/mol. The van der Waals surface area contributed by atoms with E-state index in [1.165, 1.54) is 0 Å². The SMILES string of the molecule is O=C(c1cc(-c2ccco2)n(-c2cccc(Cl)c2)n1)N1CCC(C(O)c2ccccc2)CC1. The molecular weight excluding hydrogens is 438 g/mol. The first kappa shape index (κ1) is 21.5. The van der Waals surface area contributed by atoms with Gasteiger partial charge in [0.25, 0.3) is 5.91 Å². The quantitative estimate of drug-likeness (QED) is 0.433. The molecule has 0 spiro atoms. The van der Waals surface area contributed by atoms with Crippen molar-refractivity contribution < 1.29 is 14.3 Å². The molecule has 33 heavy (non-hydrogen) atoms. The number of carbonyl (C=O) groups excluding carboxylic acids is 1. The number of halogens is 1. The van der Waals surface area contributed by atoms with E-state index >= 15 is 0 Å². The molecule has 2 aromatic carbocycles. The first-order valence-corrected chi connectivity index (χ1v) is 11.4. The van der Waals surface area contributed by atoms with Crippen molar-refractivity contribution in [3.05, 3.63) is 95.3 Å². The van der Waals surface area contributed by atoms with Crippen molar-refractivity contribution in [3.63, 3.8) is 0 Å². The topological polar surface area (TPSA) is 71.5 Å². The van der Waals surface area contributed by atoms with Crippen LogP contribution in [-0.2, 0) is 0 Å². The fourth-order valence-corrected chi connectivity index (χ4v) is 4.58. The van der Waals surface area contributed by atoms with Crippen molar-refractivity contribution in [2.75, 3.05) is 13.1 Å². The van der Waals surface area contributed by atoms with Gasteiger partial charge in [-0.25, -0.2) is 4.68 Å². The molecule has 0 aliphatic carbocycles. The summed E-state index contributed by atoms with van der Waals surface area (Å²) < 4.78 is 7.27. The van der Waals surface area contributed by atoms with Crippen LogP contribution in [0.2, 0.25) is 5.02 Å². The second-order valence-electron chi connectivity index (χ2n) is 8.27. The lowest BCUT2D eigenvalue weighted by Gasteiger charge is -2.34. The Labute approximate surface area is 197 Å². The van der Waals surface area contributed by atoms with E-state index in [0.29, 0.717) is 35.3 Å². The fourth-order valence-electron chi connectivity index (χ4n) is 4.39. The summed E-state index contributed by atoms with van der Waals surface area (Å²) in [5.74, 6) is 0.613. The molecule has 1 aliphatic heterocycles. The Morgan fingerprint density at radius 2 is 1.82 bits per heavy atom. The maximum atomic E-state index is 13.3. The van der Waals surface area contributed by atoms with Crippen molar-refractivity contribution in [3.8, 4) is 17.1 Å². The first-order chi connectivity index (χ1) is 16.1. The Balaban J connectivity index is 1.36. The smallest absolute Gasteiger partial charge is 0.274 e. The highest BCUT2D eigenvalue weighted by molar-refractivity contribution is 6.30. The molecule has 2 aromatic heterocycles. The molecule has 1 fully saturated rings. The molecule has 1 saturated heterocycles. The minimum Gasteiger partial charge on any atom is -0.463 e. The van der Waals surface area contributed by atoms with Gasteiger partial charge < -0.3 is 14.4 Å².